The third-order valence-electron chi connectivity index (χ3n) is 12.2. The third kappa shape index (κ3) is 23.5. The van der Waals surface area contributed by atoms with Crippen LogP contribution < -0.4 is 0 Å². The lowest BCUT2D eigenvalue weighted by Gasteiger charge is -2.50. The van der Waals surface area contributed by atoms with Gasteiger partial charge in [0.15, 0.2) is 0 Å². The van der Waals surface area contributed by atoms with Crippen LogP contribution in [0.1, 0.15) is 162 Å². The predicted molar refractivity (Wildman–Crippen MR) is 239 cm³/mol. The molecule has 4 rings (SSSR count). The minimum Gasteiger partial charge on any atom is -0.375 e. The molecule has 4 unspecified atom stereocenters. The molecular formula is C49H92O12. The molecule has 4 fully saturated rings. The summed E-state index contributed by atoms with van der Waals surface area (Å²) in [5.74, 6) is 0. The summed E-state index contributed by atoms with van der Waals surface area (Å²) in [6.45, 7) is 42.9. The first kappa shape index (κ1) is 53.1. The Balaban J connectivity index is 1.55. The monoisotopic (exact) mass is 873 g/mol. The zero-order chi connectivity index (χ0) is 45.4. The largest absolute Gasteiger partial charge is 0.375 e. The molecule has 4 heterocycles. The van der Waals surface area contributed by atoms with Gasteiger partial charge in [-0.05, 0) is 168 Å². The average Bonchev–Trinajstić information content (AvgIpc) is 3.91. The Morgan fingerprint density at radius 3 is 0.639 bits per heavy atom. The maximum Gasteiger partial charge on any atom is 0.104 e. The Hall–Kier alpha value is -0.480. The molecule has 4 atom stereocenters. The van der Waals surface area contributed by atoms with Crippen LogP contribution in [-0.4, -0.2) is 149 Å². The summed E-state index contributed by atoms with van der Waals surface area (Å²) in [7, 11) is 0. The van der Waals surface area contributed by atoms with E-state index in [2.05, 4.69) is 111 Å². The van der Waals surface area contributed by atoms with E-state index in [0.717, 1.165) is 77.8 Å². The molecule has 0 aromatic heterocycles. The van der Waals surface area contributed by atoms with E-state index in [0.29, 0.717) is 52.9 Å². The normalized spacial score (nSPS) is 23.6. The van der Waals surface area contributed by atoms with Gasteiger partial charge in [-0.15, -0.1) is 0 Å². The molecule has 0 aromatic carbocycles. The van der Waals surface area contributed by atoms with Crippen LogP contribution in [0.15, 0.2) is 0 Å². The molecule has 360 valence electrons. The Morgan fingerprint density at radius 1 is 0.295 bits per heavy atom. The predicted octanol–water partition coefficient (Wildman–Crippen LogP) is 9.05. The van der Waals surface area contributed by atoms with Crippen molar-refractivity contribution < 1.29 is 56.8 Å². The van der Waals surface area contributed by atoms with Crippen LogP contribution in [0.25, 0.3) is 0 Å². The molecular weight excluding hydrogens is 781 g/mol. The van der Waals surface area contributed by atoms with Crippen molar-refractivity contribution in [2.75, 3.05) is 79.3 Å². The summed E-state index contributed by atoms with van der Waals surface area (Å²) < 4.78 is 74.2. The average molecular weight is 873 g/mol. The maximum atomic E-state index is 6.90. The zero-order valence-electron chi connectivity index (χ0n) is 41.9. The van der Waals surface area contributed by atoms with Gasteiger partial charge in [0.2, 0.25) is 0 Å². The second kappa shape index (κ2) is 21.4. The van der Waals surface area contributed by atoms with Gasteiger partial charge in [0.25, 0.3) is 0 Å². The number of epoxide rings is 4. The van der Waals surface area contributed by atoms with E-state index >= 15 is 0 Å². The van der Waals surface area contributed by atoms with Gasteiger partial charge in [0, 0.05) is 0 Å². The van der Waals surface area contributed by atoms with E-state index in [9.17, 15) is 0 Å². The van der Waals surface area contributed by atoms with Crippen LogP contribution in [0, 0.1) is 5.41 Å². The summed E-state index contributed by atoms with van der Waals surface area (Å²) in [5, 5.41) is 0. The van der Waals surface area contributed by atoms with Gasteiger partial charge < -0.3 is 56.8 Å². The highest BCUT2D eigenvalue weighted by atomic mass is 16.6. The second-order valence-corrected chi connectivity index (χ2v) is 23.7. The Kier molecular flexibility index (Phi) is 18.7. The minimum atomic E-state index is -0.486. The van der Waals surface area contributed by atoms with Crippen molar-refractivity contribution in [2.24, 2.45) is 5.41 Å². The smallest absolute Gasteiger partial charge is 0.104 e. The fourth-order valence-corrected chi connectivity index (χ4v) is 8.70. The summed E-state index contributed by atoms with van der Waals surface area (Å²) in [6.07, 6.45) is 7.06. The lowest BCUT2D eigenvalue weighted by Crippen LogP contribution is -2.49. The van der Waals surface area contributed by atoms with E-state index in [1.165, 1.54) is 0 Å². The van der Waals surface area contributed by atoms with Crippen LogP contribution >= 0.6 is 0 Å². The molecule has 0 radical (unpaired) electrons. The highest BCUT2D eigenvalue weighted by molar-refractivity contribution is 4.99. The van der Waals surface area contributed by atoms with Gasteiger partial charge >= 0.3 is 0 Å². The van der Waals surface area contributed by atoms with Crippen molar-refractivity contribution in [1.29, 1.82) is 0 Å². The van der Waals surface area contributed by atoms with Crippen LogP contribution in [0.5, 0.6) is 0 Å². The Labute approximate surface area is 372 Å². The van der Waals surface area contributed by atoms with E-state index in [1.54, 1.807) is 0 Å². The number of ether oxygens (including phenoxy) is 12. The lowest BCUT2D eigenvalue weighted by molar-refractivity contribution is -0.155. The van der Waals surface area contributed by atoms with Crippen molar-refractivity contribution >= 4 is 0 Å². The topological polar surface area (TPSA) is 124 Å². The van der Waals surface area contributed by atoms with Crippen LogP contribution in [0.4, 0.5) is 0 Å². The summed E-state index contributed by atoms with van der Waals surface area (Å²) in [5.41, 5.74) is -3.58. The van der Waals surface area contributed by atoms with E-state index in [-0.39, 0.29) is 52.2 Å². The van der Waals surface area contributed by atoms with Crippen LogP contribution in [-0.2, 0) is 56.8 Å². The standard InChI is InChI=1S/C49H92O12/c1-41(2,58-29-37-25-50-37)17-21-54-45(9,10)33-49(34-46(11,12)55-22-18-42(3,4)59-30-38-26-51-38,35-47(13,14)56-23-19-43(5,6)60-31-39-27-52-39)36-48(15,16)57-24-20-44(7,8)61-32-40-28-53-40/h37-40H,17-36H2,1-16H3. The van der Waals surface area contributed by atoms with Gasteiger partial charge in [-0.3, -0.25) is 0 Å². The minimum absolute atomic E-state index is 0.224. The first-order valence-electron chi connectivity index (χ1n) is 23.5. The highest BCUT2D eigenvalue weighted by Gasteiger charge is 2.48. The van der Waals surface area contributed by atoms with Crippen LogP contribution in [0.2, 0.25) is 0 Å². The fraction of sp³-hybridized carbons (Fsp3) is 1.00. The van der Waals surface area contributed by atoms with E-state index in [1.807, 2.05) is 0 Å². The molecule has 0 aliphatic carbocycles. The second-order valence-electron chi connectivity index (χ2n) is 23.7. The zero-order valence-corrected chi connectivity index (χ0v) is 41.9. The van der Waals surface area contributed by atoms with Gasteiger partial charge in [-0.25, -0.2) is 0 Å². The number of hydrogen-bond donors (Lipinski definition) is 0. The molecule has 4 aliphatic rings. The number of rotatable bonds is 36. The van der Waals surface area contributed by atoms with Crippen molar-refractivity contribution in [3.8, 4) is 0 Å². The molecule has 61 heavy (non-hydrogen) atoms. The molecule has 4 saturated heterocycles. The van der Waals surface area contributed by atoms with Crippen molar-refractivity contribution in [3.63, 3.8) is 0 Å². The Bertz CT molecular complexity index is 1090. The van der Waals surface area contributed by atoms with Crippen molar-refractivity contribution in [2.45, 2.75) is 231 Å². The Morgan fingerprint density at radius 2 is 0.475 bits per heavy atom. The molecule has 0 bridgehead atoms. The quantitative estimate of drug-likeness (QED) is 0.0558. The molecule has 0 aromatic rings. The summed E-state index contributed by atoms with van der Waals surface area (Å²) >= 11 is 0. The first-order valence-corrected chi connectivity index (χ1v) is 23.5. The molecule has 0 spiro atoms. The molecule has 12 heteroatoms. The molecule has 0 amide bonds. The van der Waals surface area contributed by atoms with E-state index < -0.39 is 22.4 Å². The van der Waals surface area contributed by atoms with Gasteiger partial charge in [0.05, 0.1) is 124 Å². The molecule has 0 saturated carbocycles. The van der Waals surface area contributed by atoms with Crippen molar-refractivity contribution in [3.05, 3.63) is 0 Å². The SMILES string of the molecule is CC(C)(CCOC(C)(C)CC(CC(C)(C)OCCC(C)(C)OCC1CO1)(CC(C)(C)OCCC(C)(C)OCC1CO1)CC(C)(C)OCCC(C)(C)OCC1CO1)OCC1CO1. The summed E-state index contributed by atoms with van der Waals surface area (Å²) in [4.78, 5) is 0. The van der Waals surface area contributed by atoms with Crippen molar-refractivity contribution in [1.82, 2.24) is 0 Å². The molecule has 12 nitrogen and oxygen atoms in total. The van der Waals surface area contributed by atoms with Gasteiger partial charge in [0.1, 0.15) is 24.4 Å². The first-order chi connectivity index (χ1) is 28.0. The van der Waals surface area contributed by atoms with Gasteiger partial charge in [-0.2, -0.15) is 0 Å². The molecule has 4 aliphatic heterocycles. The van der Waals surface area contributed by atoms with E-state index in [4.69, 9.17) is 56.8 Å². The third-order valence-corrected chi connectivity index (χ3v) is 12.2. The van der Waals surface area contributed by atoms with Gasteiger partial charge in [-0.1, -0.05) is 0 Å². The number of hydrogen-bond acceptors (Lipinski definition) is 12. The fourth-order valence-electron chi connectivity index (χ4n) is 8.70. The van der Waals surface area contributed by atoms with Crippen LogP contribution in [0.3, 0.4) is 0 Å². The maximum absolute atomic E-state index is 6.90. The lowest BCUT2D eigenvalue weighted by atomic mass is 9.62. The summed E-state index contributed by atoms with van der Waals surface area (Å²) in [6, 6.07) is 0. The highest BCUT2D eigenvalue weighted by Crippen LogP contribution is 2.51. The molecule has 0 N–H and O–H groups in total.